The van der Waals surface area contributed by atoms with Gasteiger partial charge in [-0.15, -0.1) is 0 Å². The topological polar surface area (TPSA) is 105 Å². The van der Waals surface area contributed by atoms with Crippen molar-refractivity contribution < 1.29 is 19.3 Å². The van der Waals surface area contributed by atoms with E-state index < -0.39 is 20.3 Å². The molecule has 0 rings (SSSR count). The maximum absolute atomic E-state index is 11.4. The second-order valence-electron chi connectivity index (χ2n) is 7.16. The SMILES string of the molecule is CCCCCCCCCCCCCC=CC(O)C(N)CO[PH](=O)NCCO. The third-order valence-electron chi connectivity index (χ3n) is 4.53. The van der Waals surface area contributed by atoms with Crippen LogP contribution >= 0.6 is 8.18 Å². The summed E-state index contributed by atoms with van der Waals surface area (Å²) in [4.78, 5) is 0. The van der Waals surface area contributed by atoms with Crippen molar-refractivity contribution in [2.75, 3.05) is 19.8 Å². The lowest BCUT2D eigenvalue weighted by Crippen LogP contribution is -2.37. The first-order valence-corrected chi connectivity index (χ1v) is 12.0. The average molecular weight is 407 g/mol. The van der Waals surface area contributed by atoms with Crippen LogP contribution in [0, 0.1) is 0 Å². The minimum absolute atomic E-state index is 0.0141. The highest BCUT2D eigenvalue weighted by Crippen LogP contribution is 2.16. The van der Waals surface area contributed by atoms with Crippen LogP contribution in [0.3, 0.4) is 0 Å². The van der Waals surface area contributed by atoms with Crippen molar-refractivity contribution in [2.24, 2.45) is 5.73 Å². The van der Waals surface area contributed by atoms with Crippen LogP contribution in [0.15, 0.2) is 12.2 Å². The van der Waals surface area contributed by atoms with Crippen LogP contribution in [0.4, 0.5) is 0 Å². The van der Waals surface area contributed by atoms with E-state index in [1.165, 1.54) is 64.2 Å². The lowest BCUT2D eigenvalue weighted by atomic mass is 10.0. The Morgan fingerprint density at radius 2 is 1.59 bits per heavy atom. The molecule has 0 spiro atoms. The summed E-state index contributed by atoms with van der Waals surface area (Å²) in [6.07, 6.45) is 18.4. The quantitative estimate of drug-likeness (QED) is 0.139. The molecule has 3 atom stereocenters. The van der Waals surface area contributed by atoms with Crippen molar-refractivity contribution in [3.63, 3.8) is 0 Å². The standard InChI is InChI=1S/C20H43N2O4P/c1-2-3-4-5-6-7-8-9-10-11-12-13-14-15-20(24)19(21)18-26-27(25)22-16-17-23/h14-15,19-20,23-24,27H,2-13,16-18,21H2,1H3,(H,22,25). The van der Waals surface area contributed by atoms with Crippen molar-refractivity contribution in [2.45, 2.75) is 96.1 Å². The van der Waals surface area contributed by atoms with Gasteiger partial charge in [-0.1, -0.05) is 83.3 Å². The minimum Gasteiger partial charge on any atom is -0.395 e. The van der Waals surface area contributed by atoms with Crippen molar-refractivity contribution in [1.29, 1.82) is 0 Å². The second kappa shape index (κ2) is 20.5. The number of nitrogens with one attached hydrogen (secondary N) is 1. The van der Waals surface area contributed by atoms with Crippen LogP contribution in [0.2, 0.25) is 0 Å². The molecule has 0 aliphatic rings. The number of rotatable bonds is 20. The number of unbranched alkanes of at least 4 members (excludes halogenated alkanes) is 11. The first-order chi connectivity index (χ1) is 13.1. The first kappa shape index (κ1) is 26.8. The Hall–Kier alpha value is -0.230. The Labute approximate surface area is 166 Å². The van der Waals surface area contributed by atoms with E-state index in [-0.39, 0.29) is 19.8 Å². The van der Waals surface area contributed by atoms with Crippen LogP contribution in [0.1, 0.15) is 84.0 Å². The number of aliphatic hydroxyl groups excluding tert-OH is 2. The van der Waals surface area contributed by atoms with Crippen LogP contribution in [0.25, 0.3) is 0 Å². The molecule has 7 heteroatoms. The summed E-state index contributed by atoms with van der Waals surface area (Å²) in [6, 6.07) is -0.608. The molecule has 0 amide bonds. The molecule has 0 radical (unpaired) electrons. The molecule has 0 saturated heterocycles. The number of nitrogens with two attached hydrogens (primary N) is 1. The molecule has 0 saturated carbocycles. The molecule has 27 heavy (non-hydrogen) atoms. The maximum atomic E-state index is 11.4. The molecule has 0 fully saturated rings. The summed E-state index contributed by atoms with van der Waals surface area (Å²) in [6.45, 7) is 2.38. The van der Waals surface area contributed by atoms with E-state index in [0.717, 1.165) is 12.8 Å². The van der Waals surface area contributed by atoms with Gasteiger partial charge in [0.2, 0.25) is 0 Å². The summed E-state index contributed by atoms with van der Waals surface area (Å²) < 4.78 is 16.5. The Bertz CT molecular complexity index is 370. The zero-order valence-electron chi connectivity index (χ0n) is 17.2. The molecule has 0 heterocycles. The van der Waals surface area contributed by atoms with Gasteiger partial charge in [-0.2, -0.15) is 0 Å². The minimum atomic E-state index is -2.40. The lowest BCUT2D eigenvalue weighted by molar-refractivity contribution is 0.155. The van der Waals surface area contributed by atoms with Crippen molar-refractivity contribution in [3.05, 3.63) is 12.2 Å². The molecule has 0 aromatic rings. The second-order valence-corrected chi connectivity index (χ2v) is 8.37. The van der Waals surface area contributed by atoms with Gasteiger partial charge in [0.15, 0.2) is 0 Å². The highest BCUT2D eigenvalue weighted by molar-refractivity contribution is 7.36. The van der Waals surface area contributed by atoms with Gasteiger partial charge in [-0.05, 0) is 12.8 Å². The molecule has 0 aromatic heterocycles. The fraction of sp³-hybridized carbons (Fsp3) is 0.900. The Balaban J connectivity index is 3.49. The number of aliphatic hydroxyl groups is 2. The van der Waals surface area contributed by atoms with Gasteiger partial charge in [0.05, 0.1) is 25.4 Å². The Kier molecular flexibility index (Phi) is 20.3. The first-order valence-electron chi connectivity index (χ1n) is 10.7. The van der Waals surface area contributed by atoms with E-state index in [1.807, 2.05) is 6.08 Å². The van der Waals surface area contributed by atoms with E-state index in [0.29, 0.717) is 0 Å². The fourth-order valence-corrected chi connectivity index (χ4v) is 3.55. The van der Waals surface area contributed by atoms with Crippen molar-refractivity contribution in [1.82, 2.24) is 5.09 Å². The molecular formula is C20H43N2O4P. The average Bonchev–Trinajstić information content (AvgIpc) is 2.67. The maximum Gasteiger partial charge on any atom is 0.258 e. The molecular weight excluding hydrogens is 363 g/mol. The van der Waals surface area contributed by atoms with Crippen LogP contribution in [-0.2, 0) is 9.09 Å². The summed E-state index contributed by atoms with van der Waals surface area (Å²) in [5.74, 6) is 0. The fourth-order valence-electron chi connectivity index (χ4n) is 2.78. The number of hydrogen-bond acceptors (Lipinski definition) is 5. The van der Waals surface area contributed by atoms with Crippen molar-refractivity contribution >= 4 is 8.18 Å². The van der Waals surface area contributed by atoms with Gasteiger partial charge in [-0.25, -0.2) is 5.09 Å². The molecule has 0 aromatic carbocycles. The predicted octanol–water partition coefficient (Wildman–Crippen LogP) is 3.92. The zero-order chi connectivity index (χ0) is 20.2. The largest absolute Gasteiger partial charge is 0.395 e. The number of allylic oxidation sites excluding steroid dienone is 1. The summed E-state index contributed by atoms with van der Waals surface area (Å²) >= 11 is 0. The van der Waals surface area contributed by atoms with Gasteiger partial charge in [0.1, 0.15) is 0 Å². The van der Waals surface area contributed by atoms with Gasteiger partial charge in [-0.3, -0.25) is 4.57 Å². The van der Waals surface area contributed by atoms with Gasteiger partial charge >= 0.3 is 0 Å². The smallest absolute Gasteiger partial charge is 0.258 e. The van der Waals surface area contributed by atoms with Crippen molar-refractivity contribution in [3.8, 4) is 0 Å². The normalized spacial score (nSPS) is 15.3. The Morgan fingerprint density at radius 3 is 2.15 bits per heavy atom. The van der Waals surface area contributed by atoms with Crippen LogP contribution < -0.4 is 10.8 Å². The van der Waals surface area contributed by atoms with E-state index in [1.54, 1.807) is 6.08 Å². The van der Waals surface area contributed by atoms with E-state index in [2.05, 4.69) is 12.0 Å². The molecule has 0 aliphatic carbocycles. The molecule has 0 bridgehead atoms. The molecule has 3 unspecified atom stereocenters. The summed E-state index contributed by atoms with van der Waals surface area (Å²) in [7, 11) is -2.40. The highest BCUT2D eigenvalue weighted by atomic mass is 31.1. The van der Waals surface area contributed by atoms with Gasteiger partial charge in [0.25, 0.3) is 8.18 Å². The third-order valence-corrected chi connectivity index (χ3v) is 5.50. The van der Waals surface area contributed by atoms with E-state index >= 15 is 0 Å². The molecule has 162 valence electrons. The van der Waals surface area contributed by atoms with Gasteiger partial charge in [0, 0.05) is 6.54 Å². The lowest BCUT2D eigenvalue weighted by Gasteiger charge is -2.15. The van der Waals surface area contributed by atoms with E-state index in [9.17, 15) is 9.67 Å². The zero-order valence-corrected chi connectivity index (χ0v) is 18.2. The van der Waals surface area contributed by atoms with Gasteiger partial charge < -0.3 is 20.5 Å². The predicted molar refractivity (Wildman–Crippen MR) is 114 cm³/mol. The van der Waals surface area contributed by atoms with Crippen LogP contribution in [-0.4, -0.2) is 42.1 Å². The summed E-state index contributed by atoms with van der Waals surface area (Å²) in [5, 5.41) is 21.1. The number of hydrogen-bond donors (Lipinski definition) is 4. The summed E-state index contributed by atoms with van der Waals surface area (Å²) in [5.41, 5.74) is 5.82. The molecule has 5 N–H and O–H groups in total. The Morgan fingerprint density at radius 1 is 1.04 bits per heavy atom. The highest BCUT2D eigenvalue weighted by Gasteiger charge is 2.13. The molecule has 0 aliphatic heterocycles. The molecule has 6 nitrogen and oxygen atoms in total. The van der Waals surface area contributed by atoms with Crippen LogP contribution in [0.5, 0.6) is 0 Å². The third kappa shape index (κ3) is 18.9. The monoisotopic (exact) mass is 406 g/mol. The van der Waals surface area contributed by atoms with E-state index in [4.69, 9.17) is 15.4 Å².